The van der Waals surface area contributed by atoms with Crippen molar-refractivity contribution in [1.82, 2.24) is 5.01 Å². The fraction of sp³-hybridized carbons (Fsp3) is 0.833. The average molecular weight is 256 g/mol. The van der Waals surface area contributed by atoms with Gasteiger partial charge >= 0.3 is 7.12 Å². The van der Waals surface area contributed by atoms with Gasteiger partial charge in [-0.1, -0.05) is 0 Å². The Kier molecular flexibility index (Phi) is 4.83. The molecule has 1 aliphatic rings. The molecule has 5 nitrogen and oxygen atoms in total. The van der Waals surface area contributed by atoms with Crippen LogP contribution in [0.4, 0.5) is 0 Å². The summed E-state index contributed by atoms with van der Waals surface area (Å²) in [7, 11) is 1.31. The van der Waals surface area contributed by atoms with Crippen LogP contribution < -0.4 is 5.84 Å². The van der Waals surface area contributed by atoms with Crippen LogP contribution in [0, 0.1) is 0 Å². The van der Waals surface area contributed by atoms with Gasteiger partial charge in [0.05, 0.1) is 24.4 Å². The van der Waals surface area contributed by atoms with Gasteiger partial charge in [0.2, 0.25) is 0 Å². The molecule has 0 amide bonds. The number of methoxy groups -OCH3 is 1. The van der Waals surface area contributed by atoms with E-state index in [9.17, 15) is 0 Å². The standard InChI is InChI=1S/C12H25BN2O3/c1-10(9-15(14)7-8-16-6)13-17-11(2,3)12(4,5)18-13/h9H,7-8,14H2,1-6H3/b10-9+. The number of ether oxygens (including phenoxy) is 1. The Hall–Kier alpha value is -0.555. The smallest absolute Gasteiger partial charge is 0.400 e. The van der Waals surface area contributed by atoms with Crippen LogP contribution in [-0.2, 0) is 14.0 Å². The molecule has 0 atom stereocenters. The molecule has 0 radical (unpaired) electrons. The second-order valence-electron chi connectivity index (χ2n) is 5.69. The highest BCUT2D eigenvalue weighted by atomic mass is 16.7. The molecule has 1 heterocycles. The van der Waals surface area contributed by atoms with Crippen LogP contribution in [0.1, 0.15) is 34.6 Å². The van der Waals surface area contributed by atoms with Crippen LogP contribution in [0.2, 0.25) is 0 Å². The van der Waals surface area contributed by atoms with Gasteiger partial charge < -0.3 is 19.1 Å². The molecular formula is C12H25BN2O3. The van der Waals surface area contributed by atoms with Gasteiger partial charge in [0, 0.05) is 13.3 Å². The maximum atomic E-state index is 5.93. The zero-order valence-corrected chi connectivity index (χ0v) is 12.3. The minimum Gasteiger partial charge on any atom is -0.400 e. The van der Waals surface area contributed by atoms with E-state index in [1.807, 2.05) is 40.8 Å². The normalized spacial score (nSPS) is 22.4. The van der Waals surface area contributed by atoms with E-state index >= 15 is 0 Å². The fourth-order valence-electron chi connectivity index (χ4n) is 1.61. The quantitative estimate of drug-likeness (QED) is 0.457. The van der Waals surface area contributed by atoms with E-state index in [1.54, 1.807) is 12.1 Å². The monoisotopic (exact) mass is 256 g/mol. The van der Waals surface area contributed by atoms with Gasteiger partial charge in [-0.25, -0.2) is 5.84 Å². The second kappa shape index (κ2) is 5.61. The van der Waals surface area contributed by atoms with Crippen molar-refractivity contribution in [3.05, 3.63) is 11.7 Å². The first kappa shape index (κ1) is 15.5. The summed E-state index contributed by atoms with van der Waals surface area (Å²) in [5.41, 5.74) is 0.310. The third-order valence-electron chi connectivity index (χ3n) is 3.55. The molecule has 1 saturated heterocycles. The van der Waals surface area contributed by atoms with Crippen molar-refractivity contribution in [2.24, 2.45) is 5.84 Å². The maximum Gasteiger partial charge on any atom is 0.491 e. The van der Waals surface area contributed by atoms with Crippen molar-refractivity contribution in [3.63, 3.8) is 0 Å². The summed E-state index contributed by atoms with van der Waals surface area (Å²) in [5, 5.41) is 1.59. The molecule has 1 aliphatic heterocycles. The van der Waals surface area contributed by atoms with Gasteiger partial charge in [0.15, 0.2) is 0 Å². The zero-order valence-electron chi connectivity index (χ0n) is 12.3. The van der Waals surface area contributed by atoms with Crippen LogP contribution in [0.5, 0.6) is 0 Å². The number of hydrogen-bond acceptors (Lipinski definition) is 5. The molecule has 0 aromatic carbocycles. The number of allylic oxidation sites excluding steroid dienone is 1. The van der Waals surface area contributed by atoms with Crippen LogP contribution >= 0.6 is 0 Å². The third kappa shape index (κ3) is 3.48. The third-order valence-corrected chi connectivity index (χ3v) is 3.55. The van der Waals surface area contributed by atoms with Gasteiger partial charge in [-0.3, -0.25) is 0 Å². The highest BCUT2D eigenvalue weighted by Crippen LogP contribution is 2.38. The first-order chi connectivity index (χ1) is 8.19. The molecule has 0 spiro atoms. The summed E-state index contributed by atoms with van der Waals surface area (Å²) in [5.74, 6) is 5.83. The minimum absolute atomic E-state index is 0.321. The summed E-state index contributed by atoms with van der Waals surface area (Å²) in [6.07, 6.45) is 1.83. The molecule has 104 valence electrons. The Morgan fingerprint density at radius 3 is 2.22 bits per heavy atom. The highest BCUT2D eigenvalue weighted by Gasteiger charge is 2.51. The molecule has 0 aromatic heterocycles. The first-order valence-electron chi connectivity index (χ1n) is 6.24. The Morgan fingerprint density at radius 1 is 1.28 bits per heavy atom. The number of nitrogens with two attached hydrogens (primary N) is 1. The lowest BCUT2D eigenvalue weighted by molar-refractivity contribution is 0.00578. The molecule has 0 unspecified atom stereocenters. The lowest BCUT2D eigenvalue weighted by atomic mass is 9.80. The summed E-state index contributed by atoms with van der Waals surface area (Å²) < 4.78 is 16.8. The summed E-state index contributed by atoms with van der Waals surface area (Å²) in [6.45, 7) is 11.3. The van der Waals surface area contributed by atoms with Crippen LogP contribution in [0.25, 0.3) is 0 Å². The van der Waals surface area contributed by atoms with E-state index in [0.29, 0.717) is 13.2 Å². The second-order valence-corrected chi connectivity index (χ2v) is 5.69. The zero-order chi connectivity index (χ0) is 14.0. The molecule has 0 aliphatic carbocycles. The number of hydrogen-bond donors (Lipinski definition) is 1. The summed E-state index contributed by atoms with van der Waals surface area (Å²) in [6, 6.07) is 0. The molecule has 1 rings (SSSR count). The van der Waals surface area contributed by atoms with Gasteiger partial charge in [-0.2, -0.15) is 0 Å². The number of hydrazine groups is 1. The predicted octanol–water partition coefficient (Wildman–Crippen LogP) is 1.34. The summed E-state index contributed by atoms with van der Waals surface area (Å²) >= 11 is 0. The predicted molar refractivity (Wildman–Crippen MR) is 72.6 cm³/mol. The Morgan fingerprint density at radius 2 is 1.78 bits per heavy atom. The van der Waals surface area contributed by atoms with Crippen molar-refractivity contribution in [3.8, 4) is 0 Å². The Bertz CT molecular complexity index is 302. The minimum atomic E-state index is -0.344. The molecule has 18 heavy (non-hydrogen) atoms. The average Bonchev–Trinajstić information content (AvgIpc) is 2.45. The lowest BCUT2D eigenvalue weighted by Gasteiger charge is -2.32. The van der Waals surface area contributed by atoms with E-state index in [-0.39, 0.29) is 18.3 Å². The highest BCUT2D eigenvalue weighted by molar-refractivity contribution is 6.54. The largest absolute Gasteiger partial charge is 0.491 e. The van der Waals surface area contributed by atoms with E-state index < -0.39 is 0 Å². The van der Waals surface area contributed by atoms with Gasteiger partial charge in [-0.15, -0.1) is 0 Å². The number of nitrogens with zero attached hydrogens (tertiary/aromatic N) is 1. The van der Waals surface area contributed by atoms with E-state index in [0.717, 1.165) is 5.47 Å². The molecule has 0 saturated carbocycles. The summed E-state index contributed by atoms with van der Waals surface area (Å²) in [4.78, 5) is 0. The molecule has 0 aromatic rings. The Balaban J connectivity index is 2.64. The van der Waals surface area contributed by atoms with Gasteiger partial charge in [-0.05, 0) is 40.1 Å². The van der Waals surface area contributed by atoms with Crippen LogP contribution in [0.15, 0.2) is 11.7 Å². The molecular weight excluding hydrogens is 231 g/mol. The van der Waals surface area contributed by atoms with E-state index in [2.05, 4.69) is 0 Å². The van der Waals surface area contributed by atoms with Crippen molar-refractivity contribution in [2.45, 2.75) is 45.8 Å². The van der Waals surface area contributed by atoms with Crippen molar-refractivity contribution in [2.75, 3.05) is 20.3 Å². The molecule has 0 bridgehead atoms. The van der Waals surface area contributed by atoms with Crippen molar-refractivity contribution < 1.29 is 14.0 Å². The maximum absolute atomic E-state index is 5.93. The van der Waals surface area contributed by atoms with Crippen molar-refractivity contribution in [1.29, 1.82) is 0 Å². The SMILES string of the molecule is COCCN(N)/C=C(\C)B1OC(C)(C)C(C)(C)O1. The van der Waals surface area contributed by atoms with Gasteiger partial charge in [0.1, 0.15) is 0 Å². The van der Waals surface area contributed by atoms with E-state index in [1.165, 1.54) is 0 Å². The van der Waals surface area contributed by atoms with Gasteiger partial charge in [0.25, 0.3) is 0 Å². The first-order valence-corrected chi connectivity index (χ1v) is 6.24. The lowest BCUT2D eigenvalue weighted by Crippen LogP contribution is -2.41. The van der Waals surface area contributed by atoms with Crippen LogP contribution in [0.3, 0.4) is 0 Å². The number of rotatable bonds is 5. The molecule has 6 heteroatoms. The molecule has 2 N–H and O–H groups in total. The fourth-order valence-corrected chi connectivity index (χ4v) is 1.61. The molecule has 1 fully saturated rings. The van der Waals surface area contributed by atoms with Crippen molar-refractivity contribution >= 4 is 7.12 Å². The van der Waals surface area contributed by atoms with Crippen LogP contribution in [-0.4, -0.2) is 43.6 Å². The topological polar surface area (TPSA) is 57.0 Å². The van der Waals surface area contributed by atoms with E-state index in [4.69, 9.17) is 19.9 Å². The Labute approximate surface area is 110 Å².